The van der Waals surface area contributed by atoms with Gasteiger partial charge in [-0.05, 0) is 37.3 Å². The zero-order chi connectivity index (χ0) is 13.4. The van der Waals surface area contributed by atoms with Crippen molar-refractivity contribution < 1.29 is 0 Å². The molecule has 0 radical (unpaired) electrons. The lowest BCUT2D eigenvalue weighted by Gasteiger charge is -2.25. The van der Waals surface area contributed by atoms with Gasteiger partial charge in [-0.3, -0.25) is 0 Å². The van der Waals surface area contributed by atoms with Crippen LogP contribution in [0.3, 0.4) is 0 Å². The second kappa shape index (κ2) is 8.31. The molecule has 0 fully saturated rings. The summed E-state index contributed by atoms with van der Waals surface area (Å²) in [6.07, 6.45) is 3.80. The Bertz CT molecular complexity index is 332. The number of benzene rings is 1. The molecule has 1 aromatic carbocycles. The zero-order valence-corrected chi connectivity index (χ0v) is 12.5. The van der Waals surface area contributed by atoms with E-state index in [4.69, 9.17) is 0 Å². The molecule has 1 heteroatoms. The van der Waals surface area contributed by atoms with E-state index in [1.807, 2.05) is 0 Å². The smallest absolute Gasteiger partial charge is 0.00227 e. The fourth-order valence-corrected chi connectivity index (χ4v) is 2.64. The van der Waals surface area contributed by atoms with Crippen molar-refractivity contribution in [3.63, 3.8) is 0 Å². The first-order valence-corrected chi connectivity index (χ1v) is 7.46. The van der Waals surface area contributed by atoms with Crippen molar-refractivity contribution in [1.29, 1.82) is 0 Å². The number of hydrogen-bond donors (Lipinski definition) is 1. The van der Waals surface area contributed by atoms with Crippen LogP contribution in [0.15, 0.2) is 24.3 Å². The fourth-order valence-electron chi connectivity index (χ4n) is 2.64. The summed E-state index contributed by atoms with van der Waals surface area (Å²) in [5, 5.41) is 3.59. The largest absolute Gasteiger partial charge is 0.316 e. The van der Waals surface area contributed by atoms with Gasteiger partial charge in [0.1, 0.15) is 0 Å². The predicted octanol–water partition coefficient (Wildman–Crippen LogP) is 4.51. The first-order chi connectivity index (χ1) is 8.69. The van der Waals surface area contributed by atoms with E-state index in [-0.39, 0.29) is 0 Å². The summed E-state index contributed by atoms with van der Waals surface area (Å²) in [6.45, 7) is 11.3. The van der Waals surface area contributed by atoms with Gasteiger partial charge in [0.05, 0.1) is 0 Å². The number of rotatable bonds is 8. The zero-order valence-electron chi connectivity index (χ0n) is 12.5. The SMILES string of the molecule is CCCNCC(c1cccc(C)c1)C(C)CCC. The quantitative estimate of drug-likeness (QED) is 0.666. The maximum Gasteiger partial charge on any atom is 0.00227 e. The summed E-state index contributed by atoms with van der Waals surface area (Å²) in [6, 6.07) is 9.02. The molecule has 1 aromatic rings. The van der Waals surface area contributed by atoms with Crippen LogP contribution in [0.2, 0.25) is 0 Å². The van der Waals surface area contributed by atoms with Crippen LogP contribution in [0.5, 0.6) is 0 Å². The lowest BCUT2D eigenvalue weighted by atomic mass is 9.84. The van der Waals surface area contributed by atoms with Crippen LogP contribution < -0.4 is 5.32 Å². The van der Waals surface area contributed by atoms with Gasteiger partial charge in [0.25, 0.3) is 0 Å². The highest BCUT2D eigenvalue weighted by atomic mass is 14.9. The van der Waals surface area contributed by atoms with Crippen molar-refractivity contribution >= 4 is 0 Å². The van der Waals surface area contributed by atoms with E-state index in [1.165, 1.54) is 30.4 Å². The summed E-state index contributed by atoms with van der Waals surface area (Å²) >= 11 is 0. The van der Waals surface area contributed by atoms with Gasteiger partial charge >= 0.3 is 0 Å². The second-order valence-corrected chi connectivity index (χ2v) is 5.49. The molecule has 18 heavy (non-hydrogen) atoms. The summed E-state index contributed by atoms with van der Waals surface area (Å²) in [4.78, 5) is 0. The first kappa shape index (κ1) is 15.2. The van der Waals surface area contributed by atoms with Gasteiger partial charge in [-0.2, -0.15) is 0 Å². The third-order valence-electron chi connectivity index (χ3n) is 3.69. The van der Waals surface area contributed by atoms with Crippen molar-refractivity contribution in [3.8, 4) is 0 Å². The van der Waals surface area contributed by atoms with Gasteiger partial charge in [0.15, 0.2) is 0 Å². The molecule has 102 valence electrons. The van der Waals surface area contributed by atoms with Crippen LogP contribution in [0, 0.1) is 12.8 Å². The highest BCUT2D eigenvalue weighted by molar-refractivity contribution is 5.26. The van der Waals surface area contributed by atoms with Crippen molar-refractivity contribution in [2.24, 2.45) is 5.92 Å². The van der Waals surface area contributed by atoms with Crippen molar-refractivity contribution in [2.45, 2.75) is 52.9 Å². The Kier molecular flexibility index (Phi) is 7.04. The molecule has 0 aliphatic carbocycles. The standard InChI is InChI=1S/C17H29N/c1-5-8-15(4)17(13-18-11-6-2)16-10-7-9-14(3)12-16/h7,9-10,12,15,17-18H,5-6,8,11,13H2,1-4H3. The van der Waals surface area contributed by atoms with Crippen molar-refractivity contribution in [2.75, 3.05) is 13.1 Å². The Labute approximate surface area is 113 Å². The predicted molar refractivity (Wildman–Crippen MR) is 81.2 cm³/mol. The van der Waals surface area contributed by atoms with Crippen molar-refractivity contribution in [3.05, 3.63) is 35.4 Å². The molecule has 0 saturated carbocycles. The molecule has 0 aromatic heterocycles. The molecule has 0 amide bonds. The molecule has 1 rings (SSSR count). The molecule has 2 unspecified atom stereocenters. The van der Waals surface area contributed by atoms with E-state index in [0.717, 1.165) is 19.0 Å². The van der Waals surface area contributed by atoms with Crippen LogP contribution in [-0.2, 0) is 0 Å². The van der Waals surface area contributed by atoms with Gasteiger partial charge in [-0.1, -0.05) is 63.4 Å². The summed E-state index contributed by atoms with van der Waals surface area (Å²) < 4.78 is 0. The Morgan fingerprint density at radius 3 is 2.56 bits per heavy atom. The lowest BCUT2D eigenvalue weighted by molar-refractivity contribution is 0.404. The number of aryl methyl sites for hydroxylation is 1. The Morgan fingerprint density at radius 2 is 1.94 bits per heavy atom. The average molecular weight is 247 g/mol. The van der Waals surface area contributed by atoms with Crippen LogP contribution in [0.4, 0.5) is 0 Å². The third-order valence-corrected chi connectivity index (χ3v) is 3.69. The first-order valence-electron chi connectivity index (χ1n) is 7.46. The summed E-state index contributed by atoms with van der Waals surface area (Å²) in [5.74, 6) is 1.40. The summed E-state index contributed by atoms with van der Waals surface area (Å²) in [5.41, 5.74) is 2.87. The minimum absolute atomic E-state index is 0.649. The highest BCUT2D eigenvalue weighted by Crippen LogP contribution is 2.28. The molecule has 0 bridgehead atoms. The number of hydrogen-bond acceptors (Lipinski definition) is 1. The molecule has 0 aliphatic rings. The molecular formula is C17H29N. The van der Waals surface area contributed by atoms with E-state index >= 15 is 0 Å². The van der Waals surface area contributed by atoms with Gasteiger partial charge in [0.2, 0.25) is 0 Å². The van der Waals surface area contributed by atoms with Crippen LogP contribution in [-0.4, -0.2) is 13.1 Å². The van der Waals surface area contributed by atoms with Crippen LogP contribution >= 0.6 is 0 Å². The minimum atomic E-state index is 0.649. The van der Waals surface area contributed by atoms with E-state index in [9.17, 15) is 0 Å². The van der Waals surface area contributed by atoms with Crippen molar-refractivity contribution in [1.82, 2.24) is 5.32 Å². The molecule has 1 nitrogen and oxygen atoms in total. The van der Waals surface area contributed by atoms with Crippen LogP contribution in [0.25, 0.3) is 0 Å². The number of nitrogens with one attached hydrogen (secondary N) is 1. The van der Waals surface area contributed by atoms with Gasteiger partial charge in [0, 0.05) is 6.54 Å². The normalized spacial score (nSPS) is 14.4. The Hall–Kier alpha value is -0.820. The van der Waals surface area contributed by atoms with E-state index in [0.29, 0.717) is 5.92 Å². The monoisotopic (exact) mass is 247 g/mol. The van der Waals surface area contributed by atoms with E-state index in [1.54, 1.807) is 0 Å². The van der Waals surface area contributed by atoms with E-state index in [2.05, 4.69) is 57.3 Å². The molecule has 0 saturated heterocycles. The topological polar surface area (TPSA) is 12.0 Å². The third kappa shape index (κ3) is 4.81. The Morgan fingerprint density at radius 1 is 1.17 bits per heavy atom. The molecule has 0 heterocycles. The Balaban J connectivity index is 2.75. The van der Waals surface area contributed by atoms with Crippen LogP contribution in [0.1, 0.15) is 57.1 Å². The van der Waals surface area contributed by atoms with E-state index < -0.39 is 0 Å². The van der Waals surface area contributed by atoms with Gasteiger partial charge in [-0.25, -0.2) is 0 Å². The molecule has 0 spiro atoms. The molecule has 1 N–H and O–H groups in total. The molecule has 0 aliphatic heterocycles. The average Bonchev–Trinajstić information content (AvgIpc) is 2.35. The lowest BCUT2D eigenvalue weighted by Crippen LogP contribution is -2.26. The van der Waals surface area contributed by atoms with Gasteiger partial charge in [-0.15, -0.1) is 0 Å². The highest BCUT2D eigenvalue weighted by Gasteiger charge is 2.18. The minimum Gasteiger partial charge on any atom is -0.316 e. The maximum absolute atomic E-state index is 3.59. The second-order valence-electron chi connectivity index (χ2n) is 5.49. The maximum atomic E-state index is 3.59. The molecule has 2 atom stereocenters. The fraction of sp³-hybridized carbons (Fsp3) is 0.647. The molecular weight excluding hydrogens is 218 g/mol. The van der Waals surface area contributed by atoms with Gasteiger partial charge < -0.3 is 5.32 Å². The summed E-state index contributed by atoms with van der Waals surface area (Å²) in [7, 11) is 0.